The molecule has 0 aromatic heterocycles. The van der Waals surface area contributed by atoms with Gasteiger partial charge in [-0.05, 0) is 30.5 Å². The summed E-state index contributed by atoms with van der Waals surface area (Å²) in [4.78, 5) is 12.2. The van der Waals surface area contributed by atoms with Gasteiger partial charge in [0.2, 0.25) is 5.91 Å². The third kappa shape index (κ3) is 4.34. The van der Waals surface area contributed by atoms with E-state index in [1.54, 1.807) is 0 Å². The number of anilines is 1. The minimum absolute atomic E-state index is 0.0467. The topological polar surface area (TPSA) is 100 Å². The summed E-state index contributed by atoms with van der Waals surface area (Å²) in [5.74, 6) is -1.20. The van der Waals surface area contributed by atoms with E-state index in [-0.39, 0.29) is 5.92 Å². The molecule has 2 unspecified atom stereocenters. The monoisotopic (exact) mass is 280 g/mol. The number of nitrogens with one attached hydrogen (secondary N) is 1. The summed E-state index contributed by atoms with van der Waals surface area (Å²) in [6.07, 6.45) is 1.68. The summed E-state index contributed by atoms with van der Waals surface area (Å²) in [7, 11) is 0. The lowest BCUT2D eigenvalue weighted by atomic mass is 9.90. The molecule has 5 nitrogen and oxygen atoms in total. The Bertz CT molecular complexity index is 613. The largest absolute Gasteiger partial charge is 0.325 e. The molecule has 0 radical (unpaired) electrons. The van der Waals surface area contributed by atoms with E-state index in [2.05, 4.69) is 5.32 Å². The third-order valence-electron chi connectivity index (χ3n) is 3.19. The molecule has 21 heavy (non-hydrogen) atoms. The van der Waals surface area contributed by atoms with Gasteiger partial charge in [0.1, 0.15) is 5.92 Å². The van der Waals surface area contributed by atoms with E-state index >= 15 is 0 Å². The van der Waals surface area contributed by atoms with Crippen LogP contribution in [0.15, 0.2) is 18.2 Å². The summed E-state index contributed by atoms with van der Waals surface area (Å²) in [5.41, 5.74) is 0.943. The Balaban J connectivity index is 2.95. The number of carbonyl (C=O) groups excluding carboxylic acids is 1. The highest BCUT2D eigenvalue weighted by molar-refractivity contribution is 5.94. The minimum atomic E-state index is -0.749. The minimum Gasteiger partial charge on any atom is -0.325 e. The second-order valence-corrected chi connectivity index (χ2v) is 4.88. The van der Waals surface area contributed by atoms with Crippen molar-refractivity contribution in [3.63, 3.8) is 0 Å². The molecule has 0 saturated heterocycles. The number of nitriles is 3. The molecule has 1 N–H and O–H groups in total. The summed E-state index contributed by atoms with van der Waals surface area (Å²) < 4.78 is 0. The summed E-state index contributed by atoms with van der Waals surface area (Å²) in [6.45, 7) is 3.86. The van der Waals surface area contributed by atoms with Gasteiger partial charge in [-0.2, -0.15) is 15.8 Å². The van der Waals surface area contributed by atoms with Gasteiger partial charge in [0.05, 0.1) is 29.3 Å². The molecule has 1 rings (SSSR count). The Morgan fingerprint density at radius 2 is 1.76 bits per heavy atom. The van der Waals surface area contributed by atoms with Gasteiger partial charge in [-0.15, -0.1) is 0 Å². The molecule has 0 aliphatic carbocycles. The van der Waals surface area contributed by atoms with E-state index in [4.69, 9.17) is 15.8 Å². The fraction of sp³-hybridized carbons (Fsp3) is 0.375. The van der Waals surface area contributed by atoms with Crippen LogP contribution < -0.4 is 5.32 Å². The van der Waals surface area contributed by atoms with Gasteiger partial charge in [-0.3, -0.25) is 4.79 Å². The van der Waals surface area contributed by atoms with Crippen LogP contribution in [0.2, 0.25) is 0 Å². The van der Waals surface area contributed by atoms with E-state index in [0.717, 1.165) is 12.8 Å². The first-order valence-electron chi connectivity index (χ1n) is 6.71. The predicted molar refractivity (Wildman–Crippen MR) is 77.7 cm³/mol. The van der Waals surface area contributed by atoms with E-state index in [1.807, 2.05) is 32.1 Å². The molecule has 106 valence electrons. The van der Waals surface area contributed by atoms with Crippen molar-refractivity contribution in [3.05, 3.63) is 29.3 Å². The maximum atomic E-state index is 12.2. The van der Waals surface area contributed by atoms with Gasteiger partial charge in [0.15, 0.2) is 0 Å². The number of hydrogen-bond donors (Lipinski definition) is 1. The standard InChI is InChI=1S/C16H16N4O/c1-3-4-11(2)15(10-19)16(21)20-14-6-12(8-17)5-13(7-14)9-18/h5-7,11,15H,3-4H2,1-2H3,(H,20,21). The predicted octanol–water partition coefficient (Wildman–Crippen LogP) is 2.94. The van der Waals surface area contributed by atoms with Gasteiger partial charge in [0, 0.05) is 5.69 Å². The zero-order valence-corrected chi connectivity index (χ0v) is 12.1. The Morgan fingerprint density at radius 1 is 1.19 bits per heavy atom. The van der Waals surface area contributed by atoms with Crippen LogP contribution in [0.5, 0.6) is 0 Å². The Hall–Kier alpha value is -2.84. The van der Waals surface area contributed by atoms with Crippen LogP contribution in [0.4, 0.5) is 5.69 Å². The molecule has 0 aliphatic heterocycles. The lowest BCUT2D eigenvalue weighted by molar-refractivity contribution is -0.119. The van der Waals surface area contributed by atoms with Crippen molar-refractivity contribution < 1.29 is 4.79 Å². The second-order valence-electron chi connectivity index (χ2n) is 4.88. The number of benzene rings is 1. The Morgan fingerprint density at radius 3 is 2.19 bits per heavy atom. The van der Waals surface area contributed by atoms with E-state index in [1.165, 1.54) is 18.2 Å². The van der Waals surface area contributed by atoms with Crippen LogP contribution in [-0.2, 0) is 4.79 Å². The average molecular weight is 280 g/mol. The fourth-order valence-electron chi connectivity index (χ4n) is 2.12. The lowest BCUT2D eigenvalue weighted by Crippen LogP contribution is -2.27. The van der Waals surface area contributed by atoms with E-state index in [9.17, 15) is 4.79 Å². The maximum Gasteiger partial charge on any atom is 0.242 e. The quantitative estimate of drug-likeness (QED) is 0.895. The molecule has 0 aliphatic rings. The molecule has 1 amide bonds. The molecule has 1 aromatic rings. The van der Waals surface area contributed by atoms with Crippen molar-refractivity contribution in [2.75, 3.05) is 5.32 Å². The van der Waals surface area contributed by atoms with Gasteiger partial charge in [0.25, 0.3) is 0 Å². The van der Waals surface area contributed by atoms with Crippen LogP contribution in [0, 0.1) is 45.8 Å². The molecular weight excluding hydrogens is 264 g/mol. The number of amides is 1. The van der Waals surface area contributed by atoms with E-state index < -0.39 is 11.8 Å². The first-order valence-corrected chi connectivity index (χ1v) is 6.71. The molecular formula is C16H16N4O. The van der Waals surface area contributed by atoms with Crippen LogP contribution in [0.1, 0.15) is 37.8 Å². The third-order valence-corrected chi connectivity index (χ3v) is 3.19. The number of carbonyl (C=O) groups is 1. The van der Waals surface area contributed by atoms with Crippen LogP contribution in [0.25, 0.3) is 0 Å². The first-order chi connectivity index (χ1) is 10.0. The van der Waals surface area contributed by atoms with Crippen LogP contribution in [0.3, 0.4) is 0 Å². The van der Waals surface area contributed by atoms with Crippen molar-refractivity contribution in [3.8, 4) is 18.2 Å². The SMILES string of the molecule is CCCC(C)C(C#N)C(=O)Nc1cc(C#N)cc(C#N)c1. The summed E-state index contributed by atoms with van der Waals surface area (Å²) >= 11 is 0. The maximum absolute atomic E-state index is 12.2. The first kappa shape index (κ1) is 16.2. The summed E-state index contributed by atoms with van der Waals surface area (Å²) in [5, 5.41) is 29.6. The van der Waals surface area contributed by atoms with Crippen molar-refractivity contribution in [1.82, 2.24) is 0 Å². The zero-order valence-electron chi connectivity index (χ0n) is 12.1. The van der Waals surface area contributed by atoms with Gasteiger partial charge in [-0.1, -0.05) is 20.3 Å². The van der Waals surface area contributed by atoms with Crippen molar-refractivity contribution in [2.24, 2.45) is 11.8 Å². The molecule has 0 spiro atoms. The van der Waals surface area contributed by atoms with Crippen molar-refractivity contribution in [1.29, 1.82) is 15.8 Å². The lowest BCUT2D eigenvalue weighted by Gasteiger charge is -2.16. The Kier molecular flexibility index (Phi) is 5.93. The van der Waals surface area contributed by atoms with Crippen molar-refractivity contribution in [2.45, 2.75) is 26.7 Å². The Labute approximate surface area is 124 Å². The normalized spacial score (nSPS) is 12.3. The molecule has 1 aromatic carbocycles. The fourth-order valence-corrected chi connectivity index (χ4v) is 2.12. The summed E-state index contributed by atoms with van der Waals surface area (Å²) in [6, 6.07) is 10.3. The zero-order chi connectivity index (χ0) is 15.8. The molecule has 0 heterocycles. The van der Waals surface area contributed by atoms with Gasteiger partial charge in [-0.25, -0.2) is 0 Å². The van der Waals surface area contributed by atoms with Gasteiger partial charge >= 0.3 is 0 Å². The van der Waals surface area contributed by atoms with Crippen LogP contribution >= 0.6 is 0 Å². The van der Waals surface area contributed by atoms with Crippen LogP contribution in [-0.4, -0.2) is 5.91 Å². The molecule has 0 bridgehead atoms. The molecule has 5 heteroatoms. The second kappa shape index (κ2) is 7.68. The highest BCUT2D eigenvalue weighted by atomic mass is 16.1. The highest BCUT2D eigenvalue weighted by Gasteiger charge is 2.24. The number of rotatable bonds is 5. The number of nitrogens with zero attached hydrogens (tertiary/aromatic N) is 3. The molecule has 0 fully saturated rings. The molecule has 2 atom stereocenters. The van der Waals surface area contributed by atoms with E-state index in [0.29, 0.717) is 16.8 Å². The van der Waals surface area contributed by atoms with Gasteiger partial charge < -0.3 is 5.32 Å². The van der Waals surface area contributed by atoms with Crippen molar-refractivity contribution >= 4 is 11.6 Å². The number of hydrogen-bond acceptors (Lipinski definition) is 4. The average Bonchev–Trinajstić information content (AvgIpc) is 2.47. The molecule has 0 saturated carbocycles. The smallest absolute Gasteiger partial charge is 0.242 e. The highest BCUT2D eigenvalue weighted by Crippen LogP contribution is 2.20.